The molecule has 6 heteroatoms. The van der Waals surface area contributed by atoms with Crippen molar-refractivity contribution >= 4 is 17.2 Å². The molecular weight excluding hydrogens is 378 g/mol. The number of nitrogens with one attached hydrogen (secondary N) is 1. The summed E-state index contributed by atoms with van der Waals surface area (Å²) < 4.78 is 13.0. The summed E-state index contributed by atoms with van der Waals surface area (Å²) in [5.74, 6) is 0.964. The fraction of sp³-hybridized carbons (Fsp3) is 0.167. The van der Waals surface area contributed by atoms with Gasteiger partial charge in [0.1, 0.15) is 17.1 Å². The van der Waals surface area contributed by atoms with Crippen LogP contribution >= 0.6 is 0 Å². The second-order valence-electron chi connectivity index (χ2n) is 7.12. The van der Waals surface area contributed by atoms with Gasteiger partial charge in [-0.2, -0.15) is 0 Å². The van der Waals surface area contributed by atoms with Gasteiger partial charge in [-0.25, -0.2) is 4.98 Å². The standard InChI is InChI=1S/C24H23N3O3/c1-16-6-4-8-19(12-16)30-15-23(28)25-20-13-18(9-10-22(20)29-3)21-14-27-11-5-7-17(2)24(27)26-21/h4-14H,15H2,1-3H3,(H,25,28). The van der Waals surface area contributed by atoms with Crippen LogP contribution in [0.5, 0.6) is 11.5 Å². The topological polar surface area (TPSA) is 64.9 Å². The number of aryl methyl sites for hydroxylation is 2. The second kappa shape index (κ2) is 8.29. The van der Waals surface area contributed by atoms with Gasteiger partial charge < -0.3 is 19.2 Å². The molecule has 0 bridgehead atoms. The van der Waals surface area contributed by atoms with Crippen LogP contribution in [0, 0.1) is 13.8 Å². The number of methoxy groups -OCH3 is 1. The number of aromatic nitrogens is 2. The molecule has 1 amide bonds. The Kier molecular flexibility index (Phi) is 5.39. The quantitative estimate of drug-likeness (QED) is 0.511. The monoisotopic (exact) mass is 401 g/mol. The highest BCUT2D eigenvalue weighted by atomic mass is 16.5. The molecular formula is C24H23N3O3. The van der Waals surface area contributed by atoms with Gasteiger partial charge in [0.25, 0.3) is 5.91 Å². The van der Waals surface area contributed by atoms with E-state index in [4.69, 9.17) is 14.5 Å². The van der Waals surface area contributed by atoms with Gasteiger partial charge in [0.2, 0.25) is 0 Å². The maximum Gasteiger partial charge on any atom is 0.262 e. The lowest BCUT2D eigenvalue weighted by atomic mass is 10.1. The molecule has 0 aliphatic carbocycles. The highest BCUT2D eigenvalue weighted by Crippen LogP contribution is 2.30. The zero-order valence-electron chi connectivity index (χ0n) is 17.2. The summed E-state index contributed by atoms with van der Waals surface area (Å²) in [4.78, 5) is 17.2. The highest BCUT2D eigenvalue weighted by Gasteiger charge is 2.13. The molecule has 0 spiro atoms. The lowest BCUT2D eigenvalue weighted by Gasteiger charge is -2.12. The van der Waals surface area contributed by atoms with E-state index in [1.165, 1.54) is 0 Å². The molecule has 2 heterocycles. The number of rotatable bonds is 6. The van der Waals surface area contributed by atoms with Crippen molar-refractivity contribution in [2.75, 3.05) is 19.0 Å². The van der Waals surface area contributed by atoms with E-state index >= 15 is 0 Å². The Hall–Kier alpha value is -3.80. The number of fused-ring (bicyclic) bond motifs is 1. The van der Waals surface area contributed by atoms with Crippen LogP contribution < -0.4 is 14.8 Å². The molecule has 0 fully saturated rings. The van der Waals surface area contributed by atoms with Gasteiger partial charge >= 0.3 is 0 Å². The average molecular weight is 401 g/mol. The SMILES string of the molecule is COc1ccc(-c2cn3cccc(C)c3n2)cc1NC(=O)COc1cccc(C)c1. The summed E-state index contributed by atoms with van der Waals surface area (Å²) in [6.07, 6.45) is 3.93. The van der Waals surface area contributed by atoms with Crippen LogP contribution in [0.2, 0.25) is 0 Å². The van der Waals surface area contributed by atoms with Crippen molar-refractivity contribution in [1.29, 1.82) is 0 Å². The third-order valence-corrected chi connectivity index (χ3v) is 4.81. The number of benzene rings is 2. The van der Waals surface area contributed by atoms with Gasteiger partial charge in [-0.1, -0.05) is 18.2 Å². The summed E-state index contributed by atoms with van der Waals surface area (Å²) in [6, 6.07) is 17.2. The van der Waals surface area contributed by atoms with E-state index in [0.29, 0.717) is 17.2 Å². The zero-order chi connectivity index (χ0) is 21.1. The molecule has 1 N–H and O–H groups in total. The van der Waals surface area contributed by atoms with E-state index in [2.05, 4.69) is 5.32 Å². The molecule has 0 saturated heterocycles. The Morgan fingerprint density at radius 1 is 1.10 bits per heavy atom. The van der Waals surface area contributed by atoms with E-state index in [9.17, 15) is 4.79 Å². The van der Waals surface area contributed by atoms with E-state index in [0.717, 1.165) is 28.0 Å². The Bertz CT molecular complexity index is 1210. The third-order valence-electron chi connectivity index (χ3n) is 4.81. The zero-order valence-corrected chi connectivity index (χ0v) is 17.2. The number of nitrogens with zero attached hydrogens (tertiary/aromatic N) is 2. The van der Waals surface area contributed by atoms with Crippen molar-refractivity contribution in [2.45, 2.75) is 13.8 Å². The summed E-state index contributed by atoms with van der Waals surface area (Å²) in [5, 5.41) is 2.88. The van der Waals surface area contributed by atoms with E-state index in [1.807, 2.05) is 85.2 Å². The molecule has 4 aromatic rings. The minimum absolute atomic E-state index is 0.0929. The predicted molar refractivity (Wildman–Crippen MR) is 117 cm³/mol. The number of anilines is 1. The summed E-state index contributed by atoms with van der Waals surface area (Å²) >= 11 is 0. The third kappa shape index (κ3) is 4.12. The van der Waals surface area contributed by atoms with Crippen molar-refractivity contribution < 1.29 is 14.3 Å². The largest absolute Gasteiger partial charge is 0.495 e. The average Bonchev–Trinajstić information content (AvgIpc) is 3.18. The van der Waals surface area contributed by atoms with Crippen molar-refractivity contribution in [3.8, 4) is 22.8 Å². The first-order chi connectivity index (χ1) is 14.5. The number of amides is 1. The maximum atomic E-state index is 12.5. The van der Waals surface area contributed by atoms with Crippen LogP contribution in [0.15, 0.2) is 67.0 Å². The lowest BCUT2D eigenvalue weighted by molar-refractivity contribution is -0.118. The van der Waals surface area contributed by atoms with Gasteiger partial charge in [0.15, 0.2) is 6.61 Å². The van der Waals surface area contributed by atoms with Crippen LogP contribution in [0.3, 0.4) is 0 Å². The van der Waals surface area contributed by atoms with Crippen LogP contribution in [0.1, 0.15) is 11.1 Å². The molecule has 2 aromatic heterocycles. The Balaban J connectivity index is 1.54. The molecule has 4 rings (SSSR count). The number of hydrogen-bond acceptors (Lipinski definition) is 4. The van der Waals surface area contributed by atoms with E-state index in [-0.39, 0.29) is 12.5 Å². The molecule has 0 aliphatic rings. The second-order valence-corrected chi connectivity index (χ2v) is 7.12. The number of ether oxygens (including phenoxy) is 2. The summed E-state index contributed by atoms with van der Waals surface area (Å²) in [6.45, 7) is 3.91. The minimum Gasteiger partial charge on any atom is -0.495 e. The Morgan fingerprint density at radius 2 is 1.97 bits per heavy atom. The van der Waals surface area contributed by atoms with Crippen molar-refractivity contribution in [3.63, 3.8) is 0 Å². The fourth-order valence-electron chi connectivity index (χ4n) is 3.30. The van der Waals surface area contributed by atoms with Gasteiger partial charge in [0, 0.05) is 18.0 Å². The van der Waals surface area contributed by atoms with Crippen molar-refractivity contribution in [2.24, 2.45) is 0 Å². The Labute approximate surface area is 175 Å². The smallest absolute Gasteiger partial charge is 0.262 e. The number of imidazole rings is 1. The molecule has 0 aliphatic heterocycles. The normalized spacial score (nSPS) is 10.8. The van der Waals surface area contributed by atoms with E-state index < -0.39 is 0 Å². The first-order valence-electron chi connectivity index (χ1n) is 9.65. The van der Waals surface area contributed by atoms with Gasteiger partial charge in [-0.3, -0.25) is 4.79 Å². The Morgan fingerprint density at radius 3 is 2.73 bits per heavy atom. The van der Waals surface area contributed by atoms with Gasteiger partial charge in [-0.15, -0.1) is 0 Å². The minimum atomic E-state index is -0.266. The molecule has 30 heavy (non-hydrogen) atoms. The van der Waals surface area contributed by atoms with Crippen LogP contribution in [-0.2, 0) is 4.79 Å². The molecule has 6 nitrogen and oxygen atoms in total. The molecule has 152 valence electrons. The van der Waals surface area contributed by atoms with Crippen molar-refractivity contribution in [1.82, 2.24) is 9.38 Å². The lowest BCUT2D eigenvalue weighted by Crippen LogP contribution is -2.20. The first-order valence-corrected chi connectivity index (χ1v) is 9.65. The first kappa shape index (κ1) is 19.5. The molecule has 0 unspecified atom stereocenters. The predicted octanol–water partition coefficient (Wildman–Crippen LogP) is 4.64. The van der Waals surface area contributed by atoms with Crippen LogP contribution in [-0.4, -0.2) is 29.0 Å². The van der Waals surface area contributed by atoms with Gasteiger partial charge in [-0.05, 0) is 61.4 Å². The van der Waals surface area contributed by atoms with E-state index in [1.54, 1.807) is 7.11 Å². The number of pyridine rings is 1. The molecule has 2 aromatic carbocycles. The fourth-order valence-corrected chi connectivity index (χ4v) is 3.30. The molecule has 0 saturated carbocycles. The molecule has 0 atom stereocenters. The summed E-state index contributed by atoms with van der Waals surface area (Å²) in [5.41, 5.74) is 5.35. The summed E-state index contributed by atoms with van der Waals surface area (Å²) in [7, 11) is 1.57. The number of hydrogen-bond donors (Lipinski definition) is 1. The molecule has 0 radical (unpaired) electrons. The van der Waals surface area contributed by atoms with Gasteiger partial charge in [0.05, 0.1) is 18.5 Å². The van der Waals surface area contributed by atoms with Crippen LogP contribution in [0.4, 0.5) is 5.69 Å². The van der Waals surface area contributed by atoms with Crippen molar-refractivity contribution in [3.05, 3.63) is 78.1 Å². The maximum absolute atomic E-state index is 12.5. The number of carbonyl (C=O) groups is 1. The number of carbonyl (C=O) groups excluding carboxylic acids is 1. The van der Waals surface area contributed by atoms with Crippen LogP contribution in [0.25, 0.3) is 16.9 Å². The highest BCUT2D eigenvalue weighted by molar-refractivity contribution is 5.94.